The predicted molar refractivity (Wildman–Crippen MR) is 290 cm³/mol. The second-order valence-electron chi connectivity index (χ2n) is 19.6. The highest BCUT2D eigenvalue weighted by Crippen LogP contribution is 2.41. The maximum Gasteiger partial charge on any atom is 0.407 e. The van der Waals surface area contributed by atoms with E-state index in [0.717, 1.165) is 27.1 Å². The van der Waals surface area contributed by atoms with Gasteiger partial charge in [0, 0.05) is 4.91 Å². The number of hydrogen-bond acceptors (Lipinski definition) is 13. The number of hydrogen-bond donors (Lipinski definition) is 1. The van der Waals surface area contributed by atoms with Crippen molar-refractivity contribution < 1.29 is 56.7 Å². The molecule has 2 saturated heterocycles. The van der Waals surface area contributed by atoms with E-state index in [1.54, 1.807) is 19.1 Å². The summed E-state index contributed by atoms with van der Waals surface area (Å²) in [5.74, 6) is -2.31. The van der Waals surface area contributed by atoms with Crippen LogP contribution in [0.1, 0.15) is 49.9 Å². The standard InChI is InChI=1S/C59H63ClN4O12Si/c1-40-48(62-58(67)71-39-44-29-17-8-18-30-44)50(49(63-64-61)56(72-40)76-77(59(2,3)4,45-31-19-9-20-32-45)46-33-21-10-22-34-46)74-57-54(69-37-42-25-13-6-14-26-42)52(73-47(65)35-60)51(68-36-41-23-11-5-12-24-41)53(75-57)55(66)70-38-43-27-15-7-16-28-43/h5-34,40,48-54,56-57H,35-39H2,1-4H3,(H,62,67)/t40-,48+,49-,50+,51-,52+,53+,54-,56+,57+/m1/s1. The quantitative estimate of drug-likeness (QED) is 0.0137. The number of alkyl halides is 1. The number of nitrogens with one attached hydrogen (secondary N) is 1. The van der Waals surface area contributed by atoms with Gasteiger partial charge in [0.1, 0.15) is 37.3 Å². The van der Waals surface area contributed by atoms with Gasteiger partial charge in [-0.15, -0.1) is 11.6 Å². The summed E-state index contributed by atoms with van der Waals surface area (Å²) >= 11 is 6.18. The number of ether oxygens (including phenoxy) is 8. The van der Waals surface area contributed by atoms with Gasteiger partial charge in [-0.1, -0.05) is 208 Å². The van der Waals surface area contributed by atoms with Crippen LogP contribution in [0.4, 0.5) is 4.79 Å². The lowest BCUT2D eigenvalue weighted by Gasteiger charge is -2.51. The number of esters is 2. The molecule has 10 atom stereocenters. The third kappa shape index (κ3) is 14.2. The molecule has 1 amide bonds. The largest absolute Gasteiger partial charge is 0.459 e. The number of carbonyl (C=O) groups excluding carboxylic acids is 3. The van der Waals surface area contributed by atoms with Gasteiger partial charge in [-0.2, -0.15) is 0 Å². The summed E-state index contributed by atoms with van der Waals surface area (Å²) in [6.07, 6.45) is -12.2. The summed E-state index contributed by atoms with van der Waals surface area (Å²) < 4.78 is 59.6. The minimum absolute atomic E-state index is 0.0576. The fourth-order valence-electron chi connectivity index (χ4n) is 9.70. The summed E-state index contributed by atoms with van der Waals surface area (Å²) in [7, 11) is -3.51. The van der Waals surface area contributed by atoms with Gasteiger partial charge in [-0.3, -0.25) is 4.79 Å². The third-order valence-corrected chi connectivity index (χ3v) is 18.6. The van der Waals surface area contributed by atoms with Crippen molar-refractivity contribution in [2.24, 2.45) is 5.11 Å². The van der Waals surface area contributed by atoms with Gasteiger partial charge in [0.15, 0.2) is 24.8 Å². The Kier molecular flexibility index (Phi) is 19.7. The number of benzene rings is 6. The molecule has 2 fully saturated rings. The van der Waals surface area contributed by atoms with Crippen molar-refractivity contribution in [3.8, 4) is 0 Å². The van der Waals surface area contributed by atoms with E-state index in [9.17, 15) is 19.9 Å². The molecular weight excluding hydrogens is 1020 g/mol. The van der Waals surface area contributed by atoms with Crippen molar-refractivity contribution in [1.29, 1.82) is 0 Å². The molecule has 6 aromatic carbocycles. The second kappa shape index (κ2) is 26.9. The third-order valence-electron chi connectivity index (χ3n) is 13.4. The summed E-state index contributed by atoms with van der Waals surface area (Å²) in [5.41, 5.74) is 13.5. The van der Waals surface area contributed by atoms with Crippen LogP contribution in [0.15, 0.2) is 187 Å². The highest BCUT2D eigenvalue weighted by molar-refractivity contribution is 6.99. The Hall–Kier alpha value is -6.89. The van der Waals surface area contributed by atoms with Gasteiger partial charge in [0.2, 0.25) is 0 Å². The zero-order valence-corrected chi connectivity index (χ0v) is 45.0. The van der Waals surface area contributed by atoms with Crippen molar-refractivity contribution in [2.75, 3.05) is 5.88 Å². The highest BCUT2D eigenvalue weighted by atomic mass is 35.5. The van der Waals surface area contributed by atoms with E-state index in [-0.39, 0.29) is 26.4 Å². The Labute approximate surface area is 454 Å². The Morgan fingerprint density at radius 3 is 1.53 bits per heavy atom. The first-order valence-corrected chi connectivity index (χ1v) is 27.9. The van der Waals surface area contributed by atoms with Crippen molar-refractivity contribution in [3.05, 3.63) is 215 Å². The maximum atomic E-state index is 14.7. The molecule has 16 nitrogen and oxygen atoms in total. The fourth-order valence-corrected chi connectivity index (χ4v) is 14.3. The van der Waals surface area contributed by atoms with Crippen LogP contribution in [0.5, 0.6) is 0 Å². The minimum Gasteiger partial charge on any atom is -0.459 e. The predicted octanol–water partition coefficient (Wildman–Crippen LogP) is 9.46. The van der Waals surface area contributed by atoms with E-state index in [1.807, 2.05) is 170 Å². The molecule has 18 heteroatoms. The van der Waals surface area contributed by atoms with Gasteiger partial charge in [0.25, 0.3) is 8.32 Å². The lowest BCUT2D eigenvalue weighted by Crippen LogP contribution is -2.72. The zero-order valence-electron chi connectivity index (χ0n) is 43.2. The van der Waals surface area contributed by atoms with E-state index in [0.29, 0.717) is 5.56 Å². The van der Waals surface area contributed by atoms with Crippen molar-refractivity contribution in [3.63, 3.8) is 0 Å². The van der Waals surface area contributed by atoms with Crippen LogP contribution in [0.2, 0.25) is 5.04 Å². The Morgan fingerprint density at radius 1 is 0.610 bits per heavy atom. The van der Waals surface area contributed by atoms with E-state index in [1.165, 1.54) is 0 Å². The Morgan fingerprint density at radius 2 is 1.06 bits per heavy atom. The summed E-state index contributed by atoms with van der Waals surface area (Å²) in [4.78, 5) is 45.7. The second-order valence-corrected chi connectivity index (χ2v) is 24.2. The van der Waals surface area contributed by atoms with E-state index in [4.69, 9.17) is 53.9 Å². The topological polar surface area (TPSA) is 195 Å². The molecular formula is C59H63ClN4O12Si. The smallest absolute Gasteiger partial charge is 0.407 e. The first kappa shape index (κ1) is 56.3. The first-order chi connectivity index (χ1) is 37.4. The highest BCUT2D eigenvalue weighted by Gasteiger charge is 2.59. The molecule has 0 spiro atoms. The molecule has 8 rings (SSSR count). The van der Waals surface area contributed by atoms with Crippen LogP contribution in [0, 0.1) is 0 Å². The van der Waals surface area contributed by atoms with Gasteiger partial charge in [-0.05, 0) is 50.1 Å². The molecule has 0 aromatic heterocycles. The molecule has 0 radical (unpaired) electrons. The molecule has 0 aliphatic carbocycles. The molecule has 2 aliphatic heterocycles. The summed E-state index contributed by atoms with van der Waals surface area (Å²) in [6, 6.07) is 53.7. The first-order valence-electron chi connectivity index (χ1n) is 25.4. The molecule has 1 N–H and O–H groups in total. The average Bonchev–Trinajstić information content (AvgIpc) is 3.47. The SMILES string of the molecule is C[C@H]1O[C@@H](O[Si](c2ccccc2)(c2ccccc2)C(C)(C)C)[C@H](N=[N+]=[N-])[C@@H](O[C@H]2O[C@H](C(=O)OCc3ccccc3)[C@H](OCc3ccccc3)[C@H](OC(=O)CCl)[C@H]2OCc2ccccc2)[C@H]1NC(=O)OCc1ccccc1. The van der Waals surface area contributed by atoms with Crippen LogP contribution >= 0.6 is 11.6 Å². The van der Waals surface area contributed by atoms with Crippen molar-refractivity contribution in [1.82, 2.24) is 5.32 Å². The molecule has 0 bridgehead atoms. The van der Waals surface area contributed by atoms with Crippen LogP contribution in [0.25, 0.3) is 10.4 Å². The molecule has 6 aromatic rings. The summed E-state index contributed by atoms with van der Waals surface area (Å²) in [6.45, 7) is 7.64. The number of rotatable bonds is 21. The molecule has 0 unspecified atom stereocenters. The van der Waals surface area contributed by atoms with E-state index >= 15 is 0 Å². The Balaban J connectivity index is 1.25. The lowest BCUT2D eigenvalue weighted by atomic mass is 9.94. The maximum absolute atomic E-state index is 14.7. The molecule has 2 aliphatic rings. The zero-order chi connectivity index (χ0) is 54.2. The number of nitrogens with zero attached hydrogens (tertiary/aromatic N) is 3. The van der Waals surface area contributed by atoms with Crippen molar-refractivity contribution in [2.45, 2.75) is 120 Å². The van der Waals surface area contributed by atoms with Crippen LogP contribution < -0.4 is 15.7 Å². The number of alkyl carbamates (subject to hydrolysis) is 1. The van der Waals surface area contributed by atoms with Gasteiger partial charge >= 0.3 is 18.0 Å². The molecule has 402 valence electrons. The normalized spacial score (nSPS) is 23.4. The van der Waals surface area contributed by atoms with Crippen LogP contribution in [-0.4, -0.2) is 93.5 Å². The van der Waals surface area contributed by atoms with E-state index < -0.39 is 98.6 Å². The molecule has 0 saturated carbocycles. The van der Waals surface area contributed by atoms with Crippen LogP contribution in [-0.2, 0) is 78.3 Å². The lowest BCUT2D eigenvalue weighted by molar-refractivity contribution is -0.335. The minimum atomic E-state index is -3.51. The molecule has 77 heavy (non-hydrogen) atoms. The van der Waals surface area contributed by atoms with E-state index in [2.05, 4.69) is 36.1 Å². The van der Waals surface area contributed by atoms with Crippen LogP contribution in [0.3, 0.4) is 0 Å². The fraction of sp³-hybridized carbons (Fsp3) is 0.339. The molecule has 2 heterocycles. The number of carbonyl (C=O) groups is 3. The number of amides is 1. The van der Waals surface area contributed by atoms with Crippen molar-refractivity contribution >= 4 is 48.3 Å². The van der Waals surface area contributed by atoms with Gasteiger partial charge in [0.05, 0.1) is 31.5 Å². The Bertz CT molecular complexity index is 2820. The average molecular weight is 1080 g/mol. The van der Waals surface area contributed by atoms with Gasteiger partial charge < -0.3 is 47.6 Å². The number of halogens is 1. The summed E-state index contributed by atoms with van der Waals surface area (Å²) in [5, 5.41) is 8.53. The van der Waals surface area contributed by atoms with Gasteiger partial charge in [-0.25, -0.2) is 9.59 Å². The monoisotopic (exact) mass is 1080 g/mol. The number of azide groups is 1.